The summed E-state index contributed by atoms with van der Waals surface area (Å²) in [6.45, 7) is 0.0476. The lowest BCUT2D eigenvalue weighted by molar-refractivity contribution is -0.274. The number of carbonyl (C=O) groups is 2. The maximum absolute atomic E-state index is 12.9. The summed E-state index contributed by atoms with van der Waals surface area (Å²) < 4.78 is 72.8. The van der Waals surface area contributed by atoms with Crippen LogP contribution < -0.4 is 10.1 Å². The largest absolute Gasteiger partial charge is 0.573 e. The lowest BCUT2D eigenvalue weighted by Gasteiger charge is -2.33. The van der Waals surface area contributed by atoms with Crippen LogP contribution in [-0.4, -0.2) is 56.7 Å². The molecule has 2 aliphatic rings. The highest BCUT2D eigenvalue weighted by Gasteiger charge is 2.45. The number of amides is 1. The number of nitrogens with zero attached hydrogens (tertiary/aromatic N) is 1. The minimum absolute atomic E-state index is 0.0238. The van der Waals surface area contributed by atoms with Gasteiger partial charge in [-0.05, 0) is 37.8 Å². The van der Waals surface area contributed by atoms with E-state index in [9.17, 15) is 31.2 Å². The fourth-order valence-corrected chi connectivity index (χ4v) is 5.74. The number of nitrogens with one attached hydrogen (secondary N) is 1. The molecule has 0 unspecified atom stereocenters. The van der Waals surface area contributed by atoms with Crippen LogP contribution in [0.1, 0.15) is 38.5 Å². The van der Waals surface area contributed by atoms with Gasteiger partial charge in [0.2, 0.25) is 15.9 Å². The average Bonchev–Trinajstić information content (AvgIpc) is 3.21. The van der Waals surface area contributed by atoms with E-state index in [2.05, 4.69) is 10.1 Å². The van der Waals surface area contributed by atoms with Crippen LogP contribution in [0.25, 0.3) is 0 Å². The van der Waals surface area contributed by atoms with Crippen molar-refractivity contribution in [1.82, 2.24) is 9.62 Å². The van der Waals surface area contributed by atoms with Gasteiger partial charge in [-0.25, -0.2) is 13.2 Å². The van der Waals surface area contributed by atoms with E-state index >= 15 is 0 Å². The zero-order valence-electron chi connectivity index (χ0n) is 17.5. The molecule has 1 heterocycles. The highest BCUT2D eigenvalue weighted by atomic mass is 32.2. The summed E-state index contributed by atoms with van der Waals surface area (Å²) in [5.74, 6) is -1.92. The van der Waals surface area contributed by atoms with Crippen molar-refractivity contribution >= 4 is 21.9 Å². The molecule has 0 bridgehead atoms. The summed E-state index contributed by atoms with van der Waals surface area (Å²) in [5.41, 5.74) is -1.03. The quantitative estimate of drug-likeness (QED) is 0.631. The van der Waals surface area contributed by atoms with Crippen molar-refractivity contribution in [2.75, 3.05) is 20.2 Å². The van der Waals surface area contributed by atoms with Crippen LogP contribution in [-0.2, 0) is 24.3 Å². The number of esters is 1. The molecule has 2 fully saturated rings. The van der Waals surface area contributed by atoms with E-state index in [4.69, 9.17) is 4.74 Å². The maximum Gasteiger partial charge on any atom is 0.573 e. The molecule has 1 N–H and O–H groups in total. The number of carbonyl (C=O) groups excluding carboxylic acids is 2. The Labute approximate surface area is 184 Å². The first kappa shape index (κ1) is 24.3. The van der Waals surface area contributed by atoms with E-state index in [0.29, 0.717) is 12.8 Å². The predicted molar refractivity (Wildman–Crippen MR) is 106 cm³/mol. The molecule has 0 radical (unpaired) electrons. The van der Waals surface area contributed by atoms with Gasteiger partial charge in [0.05, 0.1) is 12.0 Å². The van der Waals surface area contributed by atoms with Crippen LogP contribution in [0.4, 0.5) is 13.2 Å². The summed E-state index contributed by atoms with van der Waals surface area (Å²) in [7, 11) is -2.79. The Morgan fingerprint density at radius 1 is 1.16 bits per heavy atom. The maximum atomic E-state index is 12.9. The first-order chi connectivity index (χ1) is 15.0. The van der Waals surface area contributed by atoms with Crippen molar-refractivity contribution < 1.29 is 40.7 Å². The van der Waals surface area contributed by atoms with Gasteiger partial charge in [0.25, 0.3) is 0 Å². The Hall–Kier alpha value is -2.34. The Balaban J connectivity index is 1.64. The number of ether oxygens (including phenoxy) is 2. The molecule has 0 spiro atoms. The Morgan fingerprint density at radius 3 is 2.34 bits per heavy atom. The lowest BCUT2D eigenvalue weighted by atomic mass is 9.92. The van der Waals surface area contributed by atoms with E-state index in [0.717, 1.165) is 29.3 Å². The predicted octanol–water partition coefficient (Wildman–Crippen LogP) is 2.59. The van der Waals surface area contributed by atoms with Crippen molar-refractivity contribution in [3.63, 3.8) is 0 Å². The first-order valence-electron chi connectivity index (χ1n) is 10.2. The van der Waals surface area contributed by atoms with Crippen LogP contribution >= 0.6 is 0 Å². The van der Waals surface area contributed by atoms with Crippen LogP contribution in [0.5, 0.6) is 5.75 Å². The van der Waals surface area contributed by atoms with Gasteiger partial charge >= 0.3 is 12.3 Å². The molecule has 1 aromatic rings. The first-order valence-corrected chi connectivity index (χ1v) is 11.7. The van der Waals surface area contributed by atoms with Gasteiger partial charge in [-0.15, -0.1) is 13.2 Å². The van der Waals surface area contributed by atoms with E-state index in [-0.39, 0.29) is 36.7 Å². The smallest absolute Gasteiger partial charge is 0.467 e. The third kappa shape index (κ3) is 5.34. The van der Waals surface area contributed by atoms with Gasteiger partial charge in [0.1, 0.15) is 11.3 Å². The van der Waals surface area contributed by atoms with Gasteiger partial charge < -0.3 is 14.8 Å². The SMILES string of the molecule is COC(=O)C1(NC(=O)C2CCN(S(=O)(=O)c3cccc(OC(F)(F)F)c3)CC2)CCCC1. The van der Waals surface area contributed by atoms with Crippen molar-refractivity contribution in [3.8, 4) is 5.75 Å². The molecule has 1 saturated carbocycles. The third-order valence-electron chi connectivity index (χ3n) is 5.90. The van der Waals surface area contributed by atoms with Gasteiger partial charge in [0.15, 0.2) is 0 Å². The number of hydrogen-bond acceptors (Lipinski definition) is 6. The Kier molecular flexibility index (Phi) is 7.03. The van der Waals surface area contributed by atoms with Gasteiger partial charge in [-0.1, -0.05) is 18.9 Å². The van der Waals surface area contributed by atoms with Gasteiger partial charge in [-0.2, -0.15) is 4.31 Å². The fourth-order valence-electron chi connectivity index (χ4n) is 4.23. The van der Waals surface area contributed by atoms with Crippen molar-refractivity contribution in [3.05, 3.63) is 24.3 Å². The van der Waals surface area contributed by atoms with Crippen molar-refractivity contribution in [1.29, 1.82) is 0 Å². The van der Waals surface area contributed by atoms with Gasteiger partial charge in [-0.3, -0.25) is 4.79 Å². The second kappa shape index (κ2) is 9.26. The molecule has 1 saturated heterocycles. The molecular formula is C20H25F3N2O6S. The Bertz CT molecular complexity index is 952. The van der Waals surface area contributed by atoms with E-state index in [1.807, 2.05) is 0 Å². The molecule has 1 aliphatic carbocycles. The summed E-state index contributed by atoms with van der Waals surface area (Å²) in [6, 6.07) is 4.20. The number of alkyl halides is 3. The number of halogens is 3. The van der Waals surface area contributed by atoms with Crippen LogP contribution in [0, 0.1) is 5.92 Å². The number of rotatable bonds is 6. The highest BCUT2D eigenvalue weighted by molar-refractivity contribution is 7.89. The second-order valence-electron chi connectivity index (χ2n) is 7.97. The van der Waals surface area contributed by atoms with Crippen LogP contribution in [0.3, 0.4) is 0 Å². The second-order valence-corrected chi connectivity index (χ2v) is 9.91. The summed E-state index contributed by atoms with van der Waals surface area (Å²) >= 11 is 0. The molecule has 0 atom stereocenters. The molecule has 178 valence electrons. The number of benzene rings is 1. The van der Waals surface area contributed by atoms with E-state index < -0.39 is 39.6 Å². The molecule has 1 amide bonds. The molecular weight excluding hydrogens is 453 g/mol. The Morgan fingerprint density at radius 2 is 1.78 bits per heavy atom. The third-order valence-corrected chi connectivity index (χ3v) is 7.79. The van der Waals surface area contributed by atoms with Gasteiger partial charge in [0, 0.05) is 25.1 Å². The topological polar surface area (TPSA) is 102 Å². The fraction of sp³-hybridized carbons (Fsp3) is 0.600. The number of hydrogen-bond donors (Lipinski definition) is 1. The summed E-state index contributed by atoms with van der Waals surface area (Å²) in [4.78, 5) is 24.7. The standard InChI is InChI=1S/C20H25F3N2O6S/c1-30-18(27)19(9-2-3-10-19)24-17(26)14-7-11-25(12-8-14)32(28,29)16-6-4-5-15(13-16)31-20(21,22)23/h4-6,13-14H,2-3,7-12H2,1H3,(H,24,26). The zero-order chi connectivity index (χ0) is 23.6. The number of sulfonamides is 1. The van der Waals surface area contributed by atoms with E-state index in [1.165, 1.54) is 19.2 Å². The lowest BCUT2D eigenvalue weighted by Crippen LogP contribution is -2.55. The molecule has 12 heteroatoms. The molecule has 1 aliphatic heterocycles. The molecule has 0 aromatic heterocycles. The van der Waals surface area contributed by atoms with Crippen LogP contribution in [0.2, 0.25) is 0 Å². The zero-order valence-corrected chi connectivity index (χ0v) is 18.3. The minimum Gasteiger partial charge on any atom is -0.467 e. The molecule has 1 aromatic carbocycles. The minimum atomic E-state index is -4.94. The average molecular weight is 478 g/mol. The number of piperidine rings is 1. The monoisotopic (exact) mass is 478 g/mol. The van der Waals surface area contributed by atoms with Crippen molar-refractivity contribution in [2.24, 2.45) is 5.92 Å². The van der Waals surface area contributed by atoms with Crippen LogP contribution in [0.15, 0.2) is 29.2 Å². The molecule has 32 heavy (non-hydrogen) atoms. The molecule has 8 nitrogen and oxygen atoms in total. The summed E-state index contributed by atoms with van der Waals surface area (Å²) in [6.07, 6.45) is -1.91. The normalized spacial score (nSPS) is 20.0. The van der Waals surface area contributed by atoms with E-state index in [1.54, 1.807) is 0 Å². The number of methoxy groups -OCH3 is 1. The summed E-state index contributed by atoms with van der Waals surface area (Å²) in [5, 5.41) is 2.82. The highest BCUT2D eigenvalue weighted by Crippen LogP contribution is 2.33. The molecule has 3 rings (SSSR count). The van der Waals surface area contributed by atoms with Crippen molar-refractivity contribution in [2.45, 2.75) is 55.3 Å².